The molecule has 0 fully saturated rings. The number of hydrogen-bond donors (Lipinski definition) is 1. The van der Waals surface area contributed by atoms with Gasteiger partial charge in [-0.25, -0.2) is 4.39 Å². The molecule has 0 aliphatic heterocycles. The largest absolute Gasteiger partial charge is 0.384 e. The summed E-state index contributed by atoms with van der Waals surface area (Å²) in [6, 6.07) is 4.75. The van der Waals surface area contributed by atoms with E-state index in [1.54, 1.807) is 10.7 Å². The molecule has 0 aliphatic rings. The summed E-state index contributed by atoms with van der Waals surface area (Å²) in [5, 5.41) is 7.40. The molecule has 3 nitrogen and oxygen atoms in total. The summed E-state index contributed by atoms with van der Waals surface area (Å²) in [5.74, 6) is -0.202. The number of aromatic nitrogens is 2. The Hall–Kier alpha value is -1.11. The lowest BCUT2D eigenvalue weighted by Gasteiger charge is -2.07. The molecule has 1 heterocycles. The Kier molecular flexibility index (Phi) is 3.98. The van der Waals surface area contributed by atoms with E-state index in [0.717, 1.165) is 22.2 Å². The van der Waals surface area contributed by atoms with Crippen molar-refractivity contribution in [2.24, 2.45) is 7.05 Å². The first kappa shape index (κ1) is 12.3. The van der Waals surface area contributed by atoms with E-state index in [1.807, 2.05) is 19.4 Å². The van der Waals surface area contributed by atoms with E-state index in [4.69, 9.17) is 0 Å². The average molecular weight is 345 g/mol. The van der Waals surface area contributed by atoms with Crippen molar-refractivity contribution in [2.45, 2.75) is 6.42 Å². The minimum Gasteiger partial charge on any atom is -0.384 e. The Balaban J connectivity index is 1.90. The number of halogens is 2. The van der Waals surface area contributed by atoms with Gasteiger partial charge in [-0.15, -0.1) is 0 Å². The van der Waals surface area contributed by atoms with Crippen LogP contribution in [0, 0.1) is 9.39 Å². The molecule has 0 unspecified atom stereocenters. The minimum absolute atomic E-state index is 0.202. The van der Waals surface area contributed by atoms with Crippen LogP contribution in [0.15, 0.2) is 30.6 Å². The second-order valence-electron chi connectivity index (χ2n) is 3.82. The summed E-state index contributed by atoms with van der Waals surface area (Å²) >= 11 is 2.13. The van der Waals surface area contributed by atoms with Gasteiger partial charge in [0.1, 0.15) is 5.82 Å². The zero-order valence-corrected chi connectivity index (χ0v) is 11.6. The van der Waals surface area contributed by atoms with E-state index >= 15 is 0 Å². The van der Waals surface area contributed by atoms with Gasteiger partial charge in [0.15, 0.2) is 0 Å². The first-order valence-electron chi connectivity index (χ1n) is 5.31. The molecule has 0 aliphatic carbocycles. The van der Waals surface area contributed by atoms with E-state index < -0.39 is 0 Å². The zero-order chi connectivity index (χ0) is 12.3. The molecule has 0 radical (unpaired) electrons. The van der Waals surface area contributed by atoms with Gasteiger partial charge >= 0.3 is 0 Å². The third-order valence-electron chi connectivity index (χ3n) is 2.42. The fourth-order valence-electron chi connectivity index (χ4n) is 1.58. The third-order valence-corrected chi connectivity index (χ3v) is 3.31. The predicted octanol–water partition coefficient (Wildman–Crippen LogP) is 2.82. The number of anilines is 1. The molecule has 90 valence electrons. The lowest BCUT2D eigenvalue weighted by Crippen LogP contribution is -2.05. The summed E-state index contributed by atoms with van der Waals surface area (Å²) < 4.78 is 15.6. The van der Waals surface area contributed by atoms with E-state index in [9.17, 15) is 4.39 Å². The first-order valence-corrected chi connectivity index (χ1v) is 6.39. The van der Waals surface area contributed by atoms with Crippen molar-refractivity contribution in [3.8, 4) is 0 Å². The molecule has 0 bridgehead atoms. The van der Waals surface area contributed by atoms with Crippen molar-refractivity contribution < 1.29 is 4.39 Å². The summed E-state index contributed by atoms with van der Waals surface area (Å²) in [5.41, 5.74) is 2.16. The molecule has 2 rings (SSSR count). The lowest BCUT2D eigenvalue weighted by molar-refractivity contribution is 0.627. The van der Waals surface area contributed by atoms with Crippen LogP contribution in [0.4, 0.5) is 10.1 Å². The molecule has 17 heavy (non-hydrogen) atoms. The molecule has 5 heteroatoms. The third kappa shape index (κ3) is 3.42. The minimum atomic E-state index is -0.202. The van der Waals surface area contributed by atoms with Gasteiger partial charge < -0.3 is 5.32 Å². The maximum absolute atomic E-state index is 12.9. The van der Waals surface area contributed by atoms with Crippen LogP contribution in [0.2, 0.25) is 0 Å². The highest BCUT2D eigenvalue weighted by molar-refractivity contribution is 14.1. The maximum Gasteiger partial charge on any atom is 0.124 e. The predicted molar refractivity (Wildman–Crippen MR) is 74.5 cm³/mol. The van der Waals surface area contributed by atoms with E-state index in [0.29, 0.717) is 0 Å². The van der Waals surface area contributed by atoms with Gasteiger partial charge in [-0.2, -0.15) is 5.10 Å². The normalized spacial score (nSPS) is 10.5. The highest BCUT2D eigenvalue weighted by Gasteiger charge is 2.01. The quantitative estimate of drug-likeness (QED) is 0.864. The number of aryl methyl sites for hydroxylation is 1. The molecule has 0 atom stereocenters. The van der Waals surface area contributed by atoms with Gasteiger partial charge in [-0.1, -0.05) is 0 Å². The zero-order valence-electron chi connectivity index (χ0n) is 9.45. The van der Waals surface area contributed by atoms with E-state index in [1.165, 1.54) is 17.7 Å². The van der Waals surface area contributed by atoms with Crippen molar-refractivity contribution in [1.29, 1.82) is 0 Å². The van der Waals surface area contributed by atoms with Crippen LogP contribution in [-0.4, -0.2) is 16.3 Å². The highest BCUT2D eigenvalue weighted by atomic mass is 127. The van der Waals surface area contributed by atoms with E-state index in [-0.39, 0.29) is 5.82 Å². The molecule has 0 saturated heterocycles. The molecule has 1 N–H and O–H groups in total. The van der Waals surface area contributed by atoms with Crippen LogP contribution in [0.3, 0.4) is 0 Å². The Morgan fingerprint density at radius 3 is 2.94 bits per heavy atom. The molecule has 0 saturated carbocycles. The standard InChI is InChI=1S/C12H13FIN3/c1-17-8-9(7-16-17)4-5-15-12-3-2-10(13)6-11(12)14/h2-3,6-8,15H,4-5H2,1H3. The van der Waals surface area contributed by atoms with Crippen molar-refractivity contribution in [1.82, 2.24) is 9.78 Å². The molecule has 0 amide bonds. The number of rotatable bonds is 4. The molecule has 1 aromatic heterocycles. The number of benzene rings is 1. The molecule has 0 spiro atoms. The fraction of sp³-hybridized carbons (Fsp3) is 0.250. The van der Waals surface area contributed by atoms with Crippen LogP contribution in [-0.2, 0) is 13.5 Å². The van der Waals surface area contributed by atoms with Gasteiger partial charge in [0, 0.05) is 29.0 Å². The number of nitrogens with zero attached hydrogens (tertiary/aromatic N) is 2. The summed E-state index contributed by atoms with van der Waals surface area (Å²) in [7, 11) is 1.90. The smallest absolute Gasteiger partial charge is 0.124 e. The topological polar surface area (TPSA) is 29.9 Å². The maximum atomic E-state index is 12.9. The van der Waals surface area contributed by atoms with Crippen molar-refractivity contribution >= 4 is 28.3 Å². The lowest BCUT2D eigenvalue weighted by atomic mass is 10.2. The summed E-state index contributed by atoms with van der Waals surface area (Å²) in [6.07, 6.45) is 4.76. The molecular weight excluding hydrogens is 332 g/mol. The fourth-order valence-corrected chi connectivity index (χ4v) is 2.24. The van der Waals surface area contributed by atoms with Gasteiger partial charge in [-0.05, 0) is 52.8 Å². The van der Waals surface area contributed by atoms with Crippen molar-refractivity contribution in [3.05, 3.63) is 45.5 Å². The van der Waals surface area contributed by atoms with Crippen molar-refractivity contribution in [3.63, 3.8) is 0 Å². The second kappa shape index (κ2) is 5.48. The monoisotopic (exact) mass is 345 g/mol. The molecule has 2 aromatic rings. The molecular formula is C12H13FIN3. The Morgan fingerprint density at radius 1 is 1.47 bits per heavy atom. The van der Waals surface area contributed by atoms with E-state index in [2.05, 4.69) is 33.0 Å². The van der Waals surface area contributed by atoms with Crippen molar-refractivity contribution in [2.75, 3.05) is 11.9 Å². The Bertz CT molecular complexity index is 510. The van der Waals surface area contributed by atoms with Crippen LogP contribution in [0.1, 0.15) is 5.56 Å². The Morgan fingerprint density at radius 2 is 2.29 bits per heavy atom. The van der Waals surface area contributed by atoms with Crippen LogP contribution in [0.5, 0.6) is 0 Å². The summed E-state index contributed by atoms with van der Waals surface area (Å²) in [6.45, 7) is 0.813. The average Bonchev–Trinajstić information content (AvgIpc) is 2.68. The van der Waals surface area contributed by atoms with Crippen LogP contribution >= 0.6 is 22.6 Å². The Labute approximate surface area is 113 Å². The number of hydrogen-bond acceptors (Lipinski definition) is 2. The molecule has 1 aromatic carbocycles. The first-order chi connectivity index (χ1) is 8.15. The highest BCUT2D eigenvalue weighted by Crippen LogP contribution is 2.18. The van der Waals surface area contributed by atoms with Gasteiger partial charge in [-0.3, -0.25) is 4.68 Å². The van der Waals surface area contributed by atoms with Gasteiger partial charge in [0.2, 0.25) is 0 Å². The van der Waals surface area contributed by atoms with Crippen LogP contribution < -0.4 is 5.32 Å². The van der Waals surface area contributed by atoms with Gasteiger partial charge in [0.25, 0.3) is 0 Å². The second-order valence-corrected chi connectivity index (χ2v) is 4.99. The SMILES string of the molecule is Cn1cc(CCNc2ccc(F)cc2I)cn1. The number of nitrogens with one attached hydrogen (secondary N) is 1. The van der Waals surface area contributed by atoms with Gasteiger partial charge in [0.05, 0.1) is 6.20 Å². The summed E-state index contributed by atoms with van der Waals surface area (Å²) in [4.78, 5) is 0. The van der Waals surface area contributed by atoms with Crippen LogP contribution in [0.25, 0.3) is 0 Å².